The van der Waals surface area contributed by atoms with Gasteiger partial charge in [0, 0.05) is 6.54 Å². The van der Waals surface area contributed by atoms with Crippen LogP contribution in [0.25, 0.3) is 0 Å². The first-order chi connectivity index (χ1) is 6.63. The Morgan fingerprint density at radius 1 is 1.50 bits per heavy atom. The van der Waals surface area contributed by atoms with Gasteiger partial charge in [-0.3, -0.25) is 4.79 Å². The first kappa shape index (κ1) is 10.5. The molecule has 0 saturated carbocycles. The van der Waals surface area contributed by atoms with Gasteiger partial charge in [-0.25, -0.2) is 0 Å². The van der Waals surface area contributed by atoms with Gasteiger partial charge in [-0.05, 0) is 24.1 Å². The molecule has 1 rings (SSSR count). The molecule has 0 amide bonds. The molecule has 0 radical (unpaired) electrons. The summed E-state index contributed by atoms with van der Waals surface area (Å²) in [6, 6.07) is 6.54. The Morgan fingerprint density at radius 3 is 2.71 bits per heavy atom. The number of hydrogen-bond acceptors (Lipinski definition) is 3. The van der Waals surface area contributed by atoms with Gasteiger partial charge in [0.25, 0.3) is 0 Å². The average Bonchev–Trinajstić information content (AvgIpc) is 2.14. The normalized spacial score (nSPS) is 12.4. The van der Waals surface area contributed by atoms with Gasteiger partial charge in [0.15, 0.2) is 0 Å². The summed E-state index contributed by atoms with van der Waals surface area (Å²) < 4.78 is 0. The Labute approximate surface area is 82.0 Å². The Bertz CT molecular complexity index is 325. The van der Waals surface area contributed by atoms with Gasteiger partial charge in [0.1, 0.15) is 5.75 Å². The van der Waals surface area contributed by atoms with E-state index in [1.54, 1.807) is 24.3 Å². The lowest BCUT2D eigenvalue weighted by molar-refractivity contribution is -0.141. The van der Waals surface area contributed by atoms with E-state index in [0.717, 1.165) is 5.56 Å². The van der Waals surface area contributed by atoms with Crippen LogP contribution in [0.3, 0.4) is 0 Å². The zero-order chi connectivity index (χ0) is 10.6. The molecule has 0 saturated heterocycles. The highest BCUT2D eigenvalue weighted by molar-refractivity contribution is 5.70. The minimum absolute atomic E-state index is 0.102. The number of benzene rings is 1. The summed E-state index contributed by atoms with van der Waals surface area (Å²) in [5, 5.41) is 17.9. The summed E-state index contributed by atoms with van der Waals surface area (Å²) in [6.45, 7) is 0.102. The minimum Gasteiger partial charge on any atom is -0.508 e. The smallest absolute Gasteiger partial charge is 0.308 e. The van der Waals surface area contributed by atoms with Crippen molar-refractivity contribution in [1.82, 2.24) is 0 Å². The van der Waals surface area contributed by atoms with Crippen molar-refractivity contribution in [3.05, 3.63) is 29.8 Å². The van der Waals surface area contributed by atoms with Crippen LogP contribution in [0.4, 0.5) is 0 Å². The fourth-order valence-electron chi connectivity index (χ4n) is 1.24. The van der Waals surface area contributed by atoms with Crippen molar-refractivity contribution in [2.24, 2.45) is 11.7 Å². The number of aliphatic carboxylic acids is 1. The lowest BCUT2D eigenvalue weighted by Gasteiger charge is -2.09. The van der Waals surface area contributed by atoms with Gasteiger partial charge in [-0.1, -0.05) is 12.1 Å². The second-order valence-electron chi connectivity index (χ2n) is 3.14. The van der Waals surface area contributed by atoms with Crippen LogP contribution in [0, 0.1) is 5.92 Å². The predicted octanol–water partition coefficient (Wildman–Crippen LogP) is 0.594. The Balaban J connectivity index is 2.72. The lowest BCUT2D eigenvalue weighted by Crippen LogP contribution is -2.25. The molecular weight excluding hydrogens is 182 g/mol. The number of carbonyl (C=O) groups is 1. The van der Waals surface area contributed by atoms with E-state index in [1.807, 2.05) is 0 Å². The number of hydrogen-bond donors (Lipinski definition) is 3. The standard InChI is InChI=1S/C10H13NO3/c11-6-8(10(13)14)4-7-2-1-3-9(12)5-7/h1-3,5,8,12H,4,6,11H2,(H,13,14). The summed E-state index contributed by atoms with van der Waals surface area (Å²) >= 11 is 0. The maximum atomic E-state index is 10.7. The molecule has 0 heterocycles. The van der Waals surface area contributed by atoms with Gasteiger partial charge in [0.2, 0.25) is 0 Å². The van der Waals surface area contributed by atoms with Crippen molar-refractivity contribution >= 4 is 5.97 Å². The molecule has 0 bridgehead atoms. The third kappa shape index (κ3) is 2.74. The van der Waals surface area contributed by atoms with Crippen LogP contribution in [0.1, 0.15) is 5.56 Å². The molecule has 0 aliphatic heterocycles. The molecule has 76 valence electrons. The van der Waals surface area contributed by atoms with Crippen LogP contribution in [-0.2, 0) is 11.2 Å². The molecular formula is C10H13NO3. The van der Waals surface area contributed by atoms with Gasteiger partial charge >= 0.3 is 5.97 Å². The van der Waals surface area contributed by atoms with Crippen LogP contribution < -0.4 is 5.73 Å². The highest BCUT2D eigenvalue weighted by Crippen LogP contribution is 2.14. The highest BCUT2D eigenvalue weighted by Gasteiger charge is 2.15. The van der Waals surface area contributed by atoms with Gasteiger partial charge in [-0.15, -0.1) is 0 Å². The average molecular weight is 195 g/mol. The van der Waals surface area contributed by atoms with Crippen molar-refractivity contribution in [1.29, 1.82) is 0 Å². The molecule has 0 aliphatic rings. The third-order valence-corrected chi connectivity index (χ3v) is 2.03. The van der Waals surface area contributed by atoms with Crippen molar-refractivity contribution in [3.8, 4) is 5.75 Å². The molecule has 1 aromatic rings. The SMILES string of the molecule is NCC(Cc1cccc(O)c1)C(=O)O. The van der Waals surface area contributed by atoms with Crippen LogP contribution in [0.2, 0.25) is 0 Å². The van der Waals surface area contributed by atoms with Crippen molar-refractivity contribution in [2.75, 3.05) is 6.54 Å². The molecule has 4 heteroatoms. The molecule has 14 heavy (non-hydrogen) atoms. The van der Waals surface area contributed by atoms with E-state index >= 15 is 0 Å². The first-order valence-electron chi connectivity index (χ1n) is 4.34. The zero-order valence-electron chi connectivity index (χ0n) is 7.68. The Morgan fingerprint density at radius 2 is 2.21 bits per heavy atom. The first-order valence-corrected chi connectivity index (χ1v) is 4.34. The van der Waals surface area contributed by atoms with Crippen LogP contribution in [0.5, 0.6) is 5.75 Å². The van der Waals surface area contributed by atoms with E-state index in [1.165, 1.54) is 0 Å². The van der Waals surface area contributed by atoms with E-state index in [0.29, 0.717) is 6.42 Å². The number of carboxylic acid groups (broad SMARTS) is 1. The van der Waals surface area contributed by atoms with Gasteiger partial charge < -0.3 is 15.9 Å². The predicted molar refractivity (Wildman–Crippen MR) is 52.0 cm³/mol. The summed E-state index contributed by atoms with van der Waals surface area (Å²) in [5.41, 5.74) is 6.10. The van der Waals surface area contributed by atoms with E-state index in [9.17, 15) is 4.79 Å². The van der Waals surface area contributed by atoms with Crippen LogP contribution in [0.15, 0.2) is 24.3 Å². The summed E-state index contributed by atoms with van der Waals surface area (Å²) in [5.74, 6) is -1.35. The molecule has 0 fully saturated rings. The Kier molecular flexibility index (Phi) is 3.48. The molecule has 4 nitrogen and oxygen atoms in total. The van der Waals surface area contributed by atoms with Crippen molar-refractivity contribution in [3.63, 3.8) is 0 Å². The fraction of sp³-hybridized carbons (Fsp3) is 0.300. The molecule has 1 unspecified atom stereocenters. The van der Waals surface area contributed by atoms with E-state index in [2.05, 4.69) is 0 Å². The van der Waals surface area contributed by atoms with E-state index in [4.69, 9.17) is 15.9 Å². The molecule has 4 N–H and O–H groups in total. The van der Waals surface area contributed by atoms with Gasteiger partial charge in [-0.2, -0.15) is 0 Å². The lowest BCUT2D eigenvalue weighted by atomic mass is 9.99. The maximum absolute atomic E-state index is 10.7. The molecule has 0 aromatic heterocycles. The van der Waals surface area contributed by atoms with E-state index in [-0.39, 0.29) is 12.3 Å². The largest absolute Gasteiger partial charge is 0.508 e. The maximum Gasteiger partial charge on any atom is 0.308 e. The quantitative estimate of drug-likeness (QED) is 0.656. The monoisotopic (exact) mass is 195 g/mol. The van der Waals surface area contributed by atoms with Gasteiger partial charge in [0.05, 0.1) is 5.92 Å². The number of carboxylic acids is 1. The van der Waals surface area contributed by atoms with Crippen LogP contribution >= 0.6 is 0 Å². The second-order valence-corrected chi connectivity index (χ2v) is 3.14. The van der Waals surface area contributed by atoms with Crippen molar-refractivity contribution < 1.29 is 15.0 Å². The molecule has 0 spiro atoms. The van der Waals surface area contributed by atoms with E-state index < -0.39 is 11.9 Å². The summed E-state index contributed by atoms with van der Waals surface area (Å²) in [7, 11) is 0. The zero-order valence-corrected chi connectivity index (χ0v) is 7.68. The fourth-order valence-corrected chi connectivity index (χ4v) is 1.24. The number of nitrogens with two attached hydrogens (primary N) is 1. The Hall–Kier alpha value is -1.55. The highest BCUT2D eigenvalue weighted by atomic mass is 16.4. The molecule has 0 aliphatic carbocycles. The number of phenols is 1. The van der Waals surface area contributed by atoms with Crippen LogP contribution in [-0.4, -0.2) is 22.7 Å². The summed E-state index contributed by atoms with van der Waals surface area (Å²) in [6.07, 6.45) is 0.347. The summed E-state index contributed by atoms with van der Waals surface area (Å²) in [4.78, 5) is 10.7. The molecule has 1 atom stereocenters. The number of phenolic OH excluding ortho intramolecular Hbond substituents is 1. The number of rotatable bonds is 4. The number of aromatic hydroxyl groups is 1. The third-order valence-electron chi connectivity index (χ3n) is 2.03. The second kappa shape index (κ2) is 4.62. The van der Waals surface area contributed by atoms with Crippen molar-refractivity contribution in [2.45, 2.75) is 6.42 Å². The molecule has 1 aromatic carbocycles. The minimum atomic E-state index is -0.907. The topological polar surface area (TPSA) is 83.5 Å².